The van der Waals surface area contributed by atoms with Gasteiger partial charge in [0, 0.05) is 0 Å². The Bertz CT molecular complexity index is 172. The van der Waals surface area contributed by atoms with Crippen molar-refractivity contribution in [3.05, 3.63) is 0 Å². The van der Waals surface area contributed by atoms with Gasteiger partial charge >= 0.3 is 0 Å². The molecule has 2 heteroatoms. The van der Waals surface area contributed by atoms with Crippen molar-refractivity contribution in [2.75, 3.05) is 26.2 Å². The van der Waals surface area contributed by atoms with E-state index in [1.54, 1.807) is 0 Å². The SMILES string of the molecule is CCC1(C)CCN(CCCCCCN)CC1. The molecular formula is C14H30N2. The fourth-order valence-corrected chi connectivity index (χ4v) is 2.50. The van der Waals surface area contributed by atoms with Gasteiger partial charge in [0.15, 0.2) is 0 Å². The van der Waals surface area contributed by atoms with Gasteiger partial charge < -0.3 is 10.6 Å². The topological polar surface area (TPSA) is 29.3 Å². The number of unbranched alkanes of at least 4 members (excludes halogenated alkanes) is 3. The highest BCUT2D eigenvalue weighted by Gasteiger charge is 2.27. The molecule has 0 aromatic rings. The zero-order valence-corrected chi connectivity index (χ0v) is 11.3. The Morgan fingerprint density at radius 2 is 1.69 bits per heavy atom. The lowest BCUT2D eigenvalue weighted by Gasteiger charge is -2.39. The van der Waals surface area contributed by atoms with E-state index in [2.05, 4.69) is 18.7 Å². The first-order valence-electron chi connectivity index (χ1n) is 7.12. The van der Waals surface area contributed by atoms with E-state index in [1.807, 2.05) is 0 Å². The first-order valence-corrected chi connectivity index (χ1v) is 7.12. The van der Waals surface area contributed by atoms with E-state index in [1.165, 1.54) is 64.6 Å². The Hall–Kier alpha value is -0.0800. The van der Waals surface area contributed by atoms with E-state index in [-0.39, 0.29) is 0 Å². The van der Waals surface area contributed by atoms with Crippen LogP contribution in [0.4, 0.5) is 0 Å². The maximum atomic E-state index is 5.49. The molecule has 96 valence electrons. The number of hydrogen-bond acceptors (Lipinski definition) is 2. The Balaban J connectivity index is 2.04. The van der Waals surface area contributed by atoms with Crippen molar-refractivity contribution in [3.8, 4) is 0 Å². The van der Waals surface area contributed by atoms with Crippen molar-refractivity contribution in [1.29, 1.82) is 0 Å². The molecule has 0 aromatic carbocycles. The molecular weight excluding hydrogens is 196 g/mol. The number of rotatable bonds is 7. The van der Waals surface area contributed by atoms with Crippen LogP contribution in [-0.2, 0) is 0 Å². The highest BCUT2D eigenvalue weighted by molar-refractivity contribution is 4.81. The lowest BCUT2D eigenvalue weighted by atomic mass is 9.78. The fourth-order valence-electron chi connectivity index (χ4n) is 2.50. The third-order valence-electron chi connectivity index (χ3n) is 4.35. The van der Waals surface area contributed by atoms with Crippen LogP contribution in [0.1, 0.15) is 58.8 Å². The van der Waals surface area contributed by atoms with Crippen LogP contribution in [0.2, 0.25) is 0 Å². The Morgan fingerprint density at radius 3 is 2.25 bits per heavy atom. The minimum Gasteiger partial charge on any atom is -0.330 e. The summed E-state index contributed by atoms with van der Waals surface area (Å²) in [6.45, 7) is 9.60. The van der Waals surface area contributed by atoms with Crippen LogP contribution in [0, 0.1) is 5.41 Å². The summed E-state index contributed by atoms with van der Waals surface area (Å²) in [5, 5.41) is 0. The Morgan fingerprint density at radius 1 is 1.06 bits per heavy atom. The molecule has 1 aliphatic rings. The third kappa shape index (κ3) is 4.84. The molecule has 0 radical (unpaired) electrons. The minimum atomic E-state index is 0.635. The van der Waals surface area contributed by atoms with Crippen molar-refractivity contribution in [2.45, 2.75) is 58.8 Å². The number of nitrogens with zero attached hydrogens (tertiary/aromatic N) is 1. The van der Waals surface area contributed by atoms with E-state index in [9.17, 15) is 0 Å². The summed E-state index contributed by atoms with van der Waals surface area (Å²) in [5.41, 5.74) is 6.12. The second-order valence-electron chi connectivity index (χ2n) is 5.71. The van der Waals surface area contributed by atoms with Crippen molar-refractivity contribution in [1.82, 2.24) is 4.90 Å². The van der Waals surface area contributed by atoms with E-state index in [0.717, 1.165) is 6.54 Å². The molecule has 0 spiro atoms. The van der Waals surface area contributed by atoms with Gasteiger partial charge in [-0.05, 0) is 57.3 Å². The zero-order valence-electron chi connectivity index (χ0n) is 11.3. The molecule has 0 aliphatic carbocycles. The first kappa shape index (κ1) is 14.0. The second-order valence-corrected chi connectivity index (χ2v) is 5.71. The van der Waals surface area contributed by atoms with Gasteiger partial charge in [-0.3, -0.25) is 0 Å². The minimum absolute atomic E-state index is 0.635. The molecule has 0 saturated carbocycles. The van der Waals surface area contributed by atoms with E-state index >= 15 is 0 Å². The molecule has 1 heterocycles. The standard InChI is InChI=1S/C14H30N2/c1-3-14(2)8-12-16(13-9-14)11-7-5-4-6-10-15/h3-13,15H2,1-2H3. The lowest BCUT2D eigenvalue weighted by molar-refractivity contribution is 0.113. The van der Waals surface area contributed by atoms with Crippen molar-refractivity contribution < 1.29 is 0 Å². The van der Waals surface area contributed by atoms with Gasteiger partial charge in [-0.15, -0.1) is 0 Å². The monoisotopic (exact) mass is 226 g/mol. The second kappa shape index (κ2) is 7.29. The summed E-state index contributed by atoms with van der Waals surface area (Å²) in [6.07, 6.45) is 9.38. The average molecular weight is 226 g/mol. The Labute approximate surface area is 102 Å². The molecule has 1 fully saturated rings. The summed E-state index contributed by atoms with van der Waals surface area (Å²) >= 11 is 0. The zero-order chi connectivity index (χ0) is 11.9. The molecule has 1 rings (SSSR count). The lowest BCUT2D eigenvalue weighted by Crippen LogP contribution is -2.38. The molecule has 0 aromatic heterocycles. The smallest absolute Gasteiger partial charge is 0.00135 e. The van der Waals surface area contributed by atoms with E-state index in [0.29, 0.717) is 5.41 Å². The molecule has 1 aliphatic heterocycles. The number of hydrogen-bond donors (Lipinski definition) is 1. The Kier molecular flexibility index (Phi) is 6.37. The summed E-state index contributed by atoms with van der Waals surface area (Å²) in [6, 6.07) is 0. The summed E-state index contributed by atoms with van der Waals surface area (Å²) in [4.78, 5) is 2.65. The number of nitrogens with two attached hydrogens (primary N) is 1. The van der Waals surface area contributed by atoms with Crippen molar-refractivity contribution >= 4 is 0 Å². The van der Waals surface area contributed by atoms with Gasteiger partial charge in [0.05, 0.1) is 0 Å². The number of piperidine rings is 1. The van der Waals surface area contributed by atoms with Crippen LogP contribution in [0.15, 0.2) is 0 Å². The van der Waals surface area contributed by atoms with Crippen molar-refractivity contribution in [2.24, 2.45) is 11.1 Å². The third-order valence-corrected chi connectivity index (χ3v) is 4.35. The maximum Gasteiger partial charge on any atom is -0.00135 e. The predicted octanol–water partition coefficient (Wildman–Crippen LogP) is 3.02. The quantitative estimate of drug-likeness (QED) is 0.676. The van der Waals surface area contributed by atoms with Gasteiger partial charge in [-0.25, -0.2) is 0 Å². The molecule has 0 unspecified atom stereocenters. The molecule has 2 nitrogen and oxygen atoms in total. The van der Waals surface area contributed by atoms with Crippen LogP contribution >= 0.6 is 0 Å². The average Bonchev–Trinajstić information content (AvgIpc) is 2.31. The molecule has 0 amide bonds. The van der Waals surface area contributed by atoms with Gasteiger partial charge in [-0.2, -0.15) is 0 Å². The fraction of sp³-hybridized carbons (Fsp3) is 1.00. The molecule has 1 saturated heterocycles. The largest absolute Gasteiger partial charge is 0.330 e. The van der Waals surface area contributed by atoms with Crippen LogP contribution < -0.4 is 5.73 Å². The van der Waals surface area contributed by atoms with Gasteiger partial charge in [-0.1, -0.05) is 33.1 Å². The van der Waals surface area contributed by atoms with Crippen LogP contribution in [-0.4, -0.2) is 31.1 Å². The highest BCUT2D eigenvalue weighted by Crippen LogP contribution is 2.33. The predicted molar refractivity (Wildman–Crippen MR) is 71.6 cm³/mol. The maximum absolute atomic E-state index is 5.49. The number of likely N-dealkylation sites (tertiary alicyclic amines) is 1. The molecule has 16 heavy (non-hydrogen) atoms. The molecule has 2 N–H and O–H groups in total. The summed E-state index contributed by atoms with van der Waals surface area (Å²) < 4.78 is 0. The summed E-state index contributed by atoms with van der Waals surface area (Å²) in [7, 11) is 0. The summed E-state index contributed by atoms with van der Waals surface area (Å²) in [5.74, 6) is 0. The molecule has 0 atom stereocenters. The highest BCUT2D eigenvalue weighted by atomic mass is 15.1. The normalized spacial score (nSPS) is 21.2. The van der Waals surface area contributed by atoms with E-state index in [4.69, 9.17) is 5.73 Å². The van der Waals surface area contributed by atoms with Gasteiger partial charge in [0.25, 0.3) is 0 Å². The van der Waals surface area contributed by atoms with Crippen molar-refractivity contribution in [3.63, 3.8) is 0 Å². The van der Waals surface area contributed by atoms with Gasteiger partial charge in [0.1, 0.15) is 0 Å². The van der Waals surface area contributed by atoms with Crippen LogP contribution in [0.3, 0.4) is 0 Å². The molecule has 0 bridgehead atoms. The van der Waals surface area contributed by atoms with Crippen LogP contribution in [0.5, 0.6) is 0 Å². The first-order chi connectivity index (χ1) is 7.70. The van der Waals surface area contributed by atoms with Crippen LogP contribution in [0.25, 0.3) is 0 Å². The van der Waals surface area contributed by atoms with Gasteiger partial charge in [0.2, 0.25) is 0 Å². The van der Waals surface area contributed by atoms with E-state index < -0.39 is 0 Å².